The molecule has 0 aliphatic carbocycles. The van der Waals surface area contributed by atoms with Crippen LogP contribution in [-0.4, -0.2) is 0 Å². The minimum absolute atomic E-state index is 0.802. The van der Waals surface area contributed by atoms with Crippen LogP contribution in [0.1, 0.15) is 5.56 Å². The summed E-state index contributed by atoms with van der Waals surface area (Å²) in [6.07, 6.45) is 2.10. The van der Waals surface area contributed by atoms with Crippen LogP contribution in [0.2, 0.25) is 0 Å². The van der Waals surface area contributed by atoms with Crippen LogP contribution in [0.4, 0.5) is 5.69 Å². The van der Waals surface area contributed by atoms with Crippen molar-refractivity contribution < 1.29 is 0 Å². The van der Waals surface area contributed by atoms with Crippen LogP contribution in [0.25, 0.3) is 6.08 Å². The lowest BCUT2D eigenvalue weighted by Gasteiger charge is -1.96. The molecule has 0 aromatic heterocycles. The summed E-state index contributed by atoms with van der Waals surface area (Å²) < 4.78 is 0. The Kier molecular flexibility index (Phi) is 3.67. The van der Waals surface area contributed by atoms with Crippen molar-refractivity contribution in [3.05, 3.63) is 65.6 Å². The van der Waals surface area contributed by atoms with Gasteiger partial charge in [-0.15, -0.1) is 0 Å². The van der Waals surface area contributed by atoms with E-state index in [0.717, 1.165) is 5.69 Å². The number of nitrogen functional groups attached to an aromatic ring is 1. The minimum atomic E-state index is 0.802. The summed E-state index contributed by atoms with van der Waals surface area (Å²) in [5.74, 6) is 0. The lowest BCUT2D eigenvalue weighted by molar-refractivity contribution is 1.47. The minimum Gasteiger partial charge on any atom is -0.399 e. The van der Waals surface area contributed by atoms with Gasteiger partial charge in [-0.2, -0.15) is 0 Å². The molecule has 0 atom stereocenters. The van der Waals surface area contributed by atoms with E-state index in [1.54, 1.807) is 11.8 Å². The Hall–Kier alpha value is -1.67. The molecule has 0 unspecified atom stereocenters. The third-order valence-electron chi connectivity index (χ3n) is 2.14. The van der Waals surface area contributed by atoms with E-state index in [0.29, 0.717) is 0 Å². The number of nitrogens with two attached hydrogens (primary N) is 1. The highest BCUT2D eigenvalue weighted by Crippen LogP contribution is 2.21. The molecule has 2 aromatic rings. The average Bonchev–Trinajstić information content (AvgIpc) is 2.33. The molecule has 0 spiro atoms. The monoisotopic (exact) mass is 227 g/mol. The molecule has 2 aromatic carbocycles. The van der Waals surface area contributed by atoms with E-state index in [2.05, 4.69) is 23.6 Å². The van der Waals surface area contributed by atoms with Crippen LogP contribution >= 0.6 is 11.8 Å². The van der Waals surface area contributed by atoms with Crippen molar-refractivity contribution in [3.63, 3.8) is 0 Å². The summed E-state index contributed by atoms with van der Waals surface area (Å²) >= 11 is 1.69. The van der Waals surface area contributed by atoms with E-state index in [4.69, 9.17) is 5.73 Å². The topological polar surface area (TPSA) is 26.0 Å². The van der Waals surface area contributed by atoms with Gasteiger partial charge in [0, 0.05) is 10.6 Å². The highest BCUT2D eigenvalue weighted by molar-refractivity contribution is 8.02. The van der Waals surface area contributed by atoms with Crippen LogP contribution in [0.5, 0.6) is 0 Å². The van der Waals surface area contributed by atoms with Gasteiger partial charge in [0.1, 0.15) is 0 Å². The fourth-order valence-corrected chi connectivity index (χ4v) is 1.98. The first-order valence-corrected chi connectivity index (χ1v) is 5.96. The molecule has 0 heterocycles. The number of rotatable bonds is 3. The highest BCUT2D eigenvalue weighted by atomic mass is 32.2. The summed E-state index contributed by atoms with van der Waals surface area (Å²) in [5.41, 5.74) is 7.63. The molecular formula is C14H13NS. The van der Waals surface area contributed by atoms with Crippen molar-refractivity contribution in [1.82, 2.24) is 0 Å². The van der Waals surface area contributed by atoms with Gasteiger partial charge in [0.05, 0.1) is 0 Å². The third kappa shape index (κ3) is 3.17. The van der Waals surface area contributed by atoms with Crippen molar-refractivity contribution in [1.29, 1.82) is 0 Å². The van der Waals surface area contributed by atoms with Crippen molar-refractivity contribution in [2.45, 2.75) is 4.90 Å². The normalized spacial score (nSPS) is 10.8. The van der Waals surface area contributed by atoms with Crippen molar-refractivity contribution in [2.24, 2.45) is 0 Å². The average molecular weight is 227 g/mol. The molecule has 1 nitrogen and oxygen atoms in total. The van der Waals surface area contributed by atoms with E-state index in [-0.39, 0.29) is 0 Å². The maximum absolute atomic E-state index is 5.62. The van der Waals surface area contributed by atoms with Gasteiger partial charge >= 0.3 is 0 Å². The molecular weight excluding hydrogens is 214 g/mol. The fraction of sp³-hybridized carbons (Fsp3) is 0. The Balaban J connectivity index is 1.97. The van der Waals surface area contributed by atoms with Gasteiger partial charge in [0.15, 0.2) is 0 Å². The second kappa shape index (κ2) is 5.42. The van der Waals surface area contributed by atoms with Crippen molar-refractivity contribution in [2.75, 3.05) is 5.73 Å². The molecule has 2 rings (SSSR count). The second-order valence-electron chi connectivity index (χ2n) is 3.40. The van der Waals surface area contributed by atoms with Crippen LogP contribution in [-0.2, 0) is 0 Å². The van der Waals surface area contributed by atoms with Crippen LogP contribution in [0.15, 0.2) is 64.9 Å². The van der Waals surface area contributed by atoms with Crippen LogP contribution < -0.4 is 5.73 Å². The van der Waals surface area contributed by atoms with Gasteiger partial charge in [-0.05, 0) is 41.3 Å². The fourth-order valence-electron chi connectivity index (χ4n) is 1.30. The van der Waals surface area contributed by atoms with Gasteiger partial charge in [0.25, 0.3) is 0 Å². The smallest absolute Gasteiger partial charge is 0.0314 e. The van der Waals surface area contributed by atoms with Crippen LogP contribution in [0.3, 0.4) is 0 Å². The van der Waals surface area contributed by atoms with E-state index in [1.165, 1.54) is 10.5 Å². The summed E-state index contributed by atoms with van der Waals surface area (Å²) in [4.78, 5) is 1.20. The van der Waals surface area contributed by atoms with Gasteiger partial charge < -0.3 is 5.73 Å². The predicted octanol–water partition coefficient (Wildman–Crippen LogP) is 4.03. The van der Waals surface area contributed by atoms with E-state index in [9.17, 15) is 0 Å². The van der Waals surface area contributed by atoms with E-state index in [1.807, 2.05) is 42.5 Å². The van der Waals surface area contributed by atoms with Gasteiger partial charge in [-0.25, -0.2) is 0 Å². The standard InChI is InChI=1S/C14H13NS/c15-13-6-8-14(9-7-13)16-11-10-12-4-2-1-3-5-12/h1-11H,15H2/b11-10-. The number of thioether (sulfide) groups is 1. The summed E-state index contributed by atoms with van der Waals surface area (Å²) in [6, 6.07) is 18.1. The molecule has 2 heteroatoms. The predicted molar refractivity (Wildman–Crippen MR) is 72.2 cm³/mol. The zero-order valence-electron chi connectivity index (χ0n) is 8.84. The quantitative estimate of drug-likeness (QED) is 0.632. The molecule has 0 saturated carbocycles. The first-order chi connectivity index (χ1) is 7.84. The summed E-state index contributed by atoms with van der Waals surface area (Å²) in [5, 5.41) is 2.08. The van der Waals surface area contributed by atoms with Crippen molar-refractivity contribution in [3.8, 4) is 0 Å². The largest absolute Gasteiger partial charge is 0.399 e. The van der Waals surface area contributed by atoms with Crippen LogP contribution in [0, 0.1) is 0 Å². The Labute approximate surface area is 100.0 Å². The molecule has 0 aliphatic heterocycles. The number of anilines is 1. The number of benzene rings is 2. The molecule has 0 amide bonds. The molecule has 0 radical (unpaired) electrons. The molecule has 2 N–H and O–H groups in total. The second-order valence-corrected chi connectivity index (χ2v) is 4.38. The van der Waals surface area contributed by atoms with Gasteiger partial charge in [-0.3, -0.25) is 0 Å². The Morgan fingerprint density at radius 1 is 0.875 bits per heavy atom. The lowest BCUT2D eigenvalue weighted by Crippen LogP contribution is -1.81. The maximum atomic E-state index is 5.62. The summed E-state index contributed by atoms with van der Waals surface area (Å²) in [6.45, 7) is 0. The summed E-state index contributed by atoms with van der Waals surface area (Å²) in [7, 11) is 0. The molecule has 80 valence electrons. The van der Waals surface area contributed by atoms with Crippen molar-refractivity contribution >= 4 is 23.5 Å². The van der Waals surface area contributed by atoms with E-state index < -0.39 is 0 Å². The zero-order valence-corrected chi connectivity index (χ0v) is 9.65. The van der Waals surface area contributed by atoms with E-state index >= 15 is 0 Å². The molecule has 0 fully saturated rings. The zero-order chi connectivity index (χ0) is 11.2. The Morgan fingerprint density at radius 2 is 1.56 bits per heavy atom. The molecule has 0 bridgehead atoms. The Bertz CT molecular complexity index is 460. The third-order valence-corrected chi connectivity index (χ3v) is 2.96. The molecule has 0 saturated heterocycles. The van der Waals surface area contributed by atoms with Gasteiger partial charge in [-0.1, -0.05) is 42.1 Å². The number of hydrogen-bond acceptors (Lipinski definition) is 2. The highest BCUT2D eigenvalue weighted by Gasteiger charge is 1.89. The Morgan fingerprint density at radius 3 is 2.25 bits per heavy atom. The first kappa shape index (κ1) is 10.8. The maximum Gasteiger partial charge on any atom is 0.0314 e. The SMILES string of the molecule is Nc1ccc(S/C=C\c2ccccc2)cc1. The lowest BCUT2D eigenvalue weighted by atomic mass is 10.2. The first-order valence-electron chi connectivity index (χ1n) is 5.08. The molecule has 16 heavy (non-hydrogen) atoms. The number of hydrogen-bond donors (Lipinski definition) is 1. The van der Waals surface area contributed by atoms with Gasteiger partial charge in [0.2, 0.25) is 0 Å². The molecule has 0 aliphatic rings.